The molecular weight excluding hydrogens is 422 g/mol. The van der Waals surface area contributed by atoms with E-state index in [1.807, 2.05) is 6.07 Å². The molecule has 0 unspecified atom stereocenters. The van der Waals surface area contributed by atoms with E-state index >= 15 is 0 Å². The van der Waals surface area contributed by atoms with Crippen LogP contribution in [-0.4, -0.2) is 0 Å². The zero-order chi connectivity index (χ0) is 23.5. The minimum absolute atomic E-state index is 1.07. The molecule has 166 valence electrons. The van der Waals surface area contributed by atoms with Crippen LogP contribution in [0, 0.1) is 0 Å². The fourth-order valence-electron chi connectivity index (χ4n) is 4.75. The van der Waals surface area contributed by atoms with E-state index in [2.05, 4.69) is 145 Å². The molecule has 1 nitrogen and oxygen atoms in total. The van der Waals surface area contributed by atoms with Crippen molar-refractivity contribution in [2.45, 2.75) is 0 Å². The van der Waals surface area contributed by atoms with Crippen molar-refractivity contribution in [2.24, 2.45) is 0 Å². The SMILES string of the molecule is c1ccc(-c2ccc(Nc3cccc(-c4cccc5cccc(-c6ccccc6)c45)c3)cc2)cc1. The van der Waals surface area contributed by atoms with Crippen molar-refractivity contribution in [1.29, 1.82) is 0 Å². The summed E-state index contributed by atoms with van der Waals surface area (Å²) in [7, 11) is 0. The average molecular weight is 448 g/mol. The maximum atomic E-state index is 3.59. The molecule has 6 rings (SSSR count). The van der Waals surface area contributed by atoms with Crippen molar-refractivity contribution in [2.75, 3.05) is 5.32 Å². The minimum atomic E-state index is 1.07. The quantitative estimate of drug-likeness (QED) is 0.277. The molecule has 0 aliphatic rings. The summed E-state index contributed by atoms with van der Waals surface area (Å²) in [6, 6.07) is 51.5. The van der Waals surface area contributed by atoms with Gasteiger partial charge in [0, 0.05) is 11.4 Å². The summed E-state index contributed by atoms with van der Waals surface area (Å²) < 4.78 is 0. The third-order valence-corrected chi connectivity index (χ3v) is 6.44. The molecular formula is C34H25N. The molecule has 1 heteroatoms. The number of rotatable bonds is 5. The van der Waals surface area contributed by atoms with Crippen LogP contribution in [0.5, 0.6) is 0 Å². The van der Waals surface area contributed by atoms with Crippen molar-refractivity contribution in [1.82, 2.24) is 0 Å². The lowest BCUT2D eigenvalue weighted by Gasteiger charge is -2.14. The Labute approximate surface area is 206 Å². The molecule has 0 fully saturated rings. The van der Waals surface area contributed by atoms with Crippen molar-refractivity contribution in [3.8, 4) is 33.4 Å². The number of hydrogen-bond acceptors (Lipinski definition) is 1. The highest BCUT2D eigenvalue weighted by Crippen LogP contribution is 2.37. The molecule has 0 spiro atoms. The van der Waals surface area contributed by atoms with Crippen molar-refractivity contribution < 1.29 is 0 Å². The molecule has 0 aliphatic carbocycles. The highest BCUT2D eigenvalue weighted by Gasteiger charge is 2.10. The van der Waals surface area contributed by atoms with Gasteiger partial charge in [0.25, 0.3) is 0 Å². The first-order valence-electron chi connectivity index (χ1n) is 12.0. The summed E-state index contributed by atoms with van der Waals surface area (Å²) in [5.74, 6) is 0. The van der Waals surface area contributed by atoms with E-state index in [1.54, 1.807) is 0 Å². The summed E-state index contributed by atoms with van der Waals surface area (Å²) in [6.45, 7) is 0. The van der Waals surface area contributed by atoms with Crippen LogP contribution in [-0.2, 0) is 0 Å². The van der Waals surface area contributed by atoms with Crippen LogP contribution >= 0.6 is 0 Å². The number of anilines is 2. The first-order chi connectivity index (χ1) is 17.3. The predicted octanol–water partition coefficient (Wildman–Crippen LogP) is 9.58. The summed E-state index contributed by atoms with van der Waals surface area (Å²) in [6.07, 6.45) is 0. The van der Waals surface area contributed by atoms with Gasteiger partial charge in [-0.3, -0.25) is 0 Å². The van der Waals surface area contributed by atoms with E-state index in [0.717, 1.165) is 11.4 Å². The Morgan fingerprint density at radius 1 is 0.343 bits per heavy atom. The lowest BCUT2D eigenvalue weighted by atomic mass is 9.91. The predicted molar refractivity (Wildman–Crippen MR) is 150 cm³/mol. The van der Waals surface area contributed by atoms with Crippen LogP contribution in [0.15, 0.2) is 146 Å². The number of fused-ring (bicyclic) bond motifs is 1. The van der Waals surface area contributed by atoms with Gasteiger partial charge in [-0.2, -0.15) is 0 Å². The van der Waals surface area contributed by atoms with E-state index in [9.17, 15) is 0 Å². The van der Waals surface area contributed by atoms with E-state index in [0.29, 0.717) is 0 Å². The van der Waals surface area contributed by atoms with E-state index in [4.69, 9.17) is 0 Å². The van der Waals surface area contributed by atoms with Gasteiger partial charge >= 0.3 is 0 Å². The molecule has 35 heavy (non-hydrogen) atoms. The monoisotopic (exact) mass is 447 g/mol. The van der Waals surface area contributed by atoms with Gasteiger partial charge in [-0.05, 0) is 68.4 Å². The number of benzene rings is 6. The Morgan fingerprint density at radius 2 is 0.886 bits per heavy atom. The normalized spacial score (nSPS) is 10.9. The lowest BCUT2D eigenvalue weighted by Crippen LogP contribution is -1.91. The summed E-state index contributed by atoms with van der Waals surface area (Å²) in [4.78, 5) is 0. The molecule has 0 atom stereocenters. The molecule has 0 heterocycles. The van der Waals surface area contributed by atoms with E-state index < -0.39 is 0 Å². The molecule has 0 radical (unpaired) electrons. The van der Waals surface area contributed by atoms with Crippen LogP contribution in [0.4, 0.5) is 11.4 Å². The van der Waals surface area contributed by atoms with Crippen LogP contribution in [0.1, 0.15) is 0 Å². The Balaban J connectivity index is 1.36. The molecule has 0 amide bonds. The van der Waals surface area contributed by atoms with Crippen LogP contribution < -0.4 is 5.32 Å². The second kappa shape index (κ2) is 9.32. The fourth-order valence-corrected chi connectivity index (χ4v) is 4.75. The van der Waals surface area contributed by atoms with Gasteiger partial charge in [0.15, 0.2) is 0 Å². The zero-order valence-corrected chi connectivity index (χ0v) is 19.4. The maximum Gasteiger partial charge on any atom is 0.0390 e. The Bertz CT molecular complexity index is 1580. The fraction of sp³-hybridized carbons (Fsp3) is 0. The second-order valence-electron chi connectivity index (χ2n) is 8.72. The van der Waals surface area contributed by atoms with Gasteiger partial charge in [0.1, 0.15) is 0 Å². The van der Waals surface area contributed by atoms with Gasteiger partial charge in [0.05, 0.1) is 0 Å². The Kier molecular flexibility index (Phi) is 5.58. The molecule has 0 bridgehead atoms. The van der Waals surface area contributed by atoms with Crippen LogP contribution in [0.25, 0.3) is 44.2 Å². The lowest BCUT2D eigenvalue weighted by molar-refractivity contribution is 1.54. The van der Waals surface area contributed by atoms with E-state index in [1.165, 1.54) is 44.2 Å². The third kappa shape index (κ3) is 4.32. The summed E-state index contributed by atoms with van der Waals surface area (Å²) >= 11 is 0. The van der Waals surface area contributed by atoms with Crippen molar-refractivity contribution in [3.63, 3.8) is 0 Å². The Morgan fingerprint density at radius 3 is 1.57 bits per heavy atom. The smallest absolute Gasteiger partial charge is 0.0390 e. The topological polar surface area (TPSA) is 12.0 Å². The molecule has 0 saturated carbocycles. The maximum absolute atomic E-state index is 3.59. The number of hydrogen-bond donors (Lipinski definition) is 1. The Hall–Kier alpha value is -4.62. The zero-order valence-electron chi connectivity index (χ0n) is 19.4. The minimum Gasteiger partial charge on any atom is -0.356 e. The average Bonchev–Trinajstić information content (AvgIpc) is 2.94. The molecule has 0 saturated heterocycles. The van der Waals surface area contributed by atoms with Crippen molar-refractivity contribution in [3.05, 3.63) is 146 Å². The van der Waals surface area contributed by atoms with E-state index in [-0.39, 0.29) is 0 Å². The second-order valence-corrected chi connectivity index (χ2v) is 8.72. The van der Waals surface area contributed by atoms with Gasteiger partial charge < -0.3 is 5.32 Å². The van der Waals surface area contributed by atoms with Gasteiger partial charge in [0.2, 0.25) is 0 Å². The first kappa shape index (κ1) is 20.9. The standard InChI is InChI=1S/C34H25N/c1-3-10-25(11-4-1)26-20-22-30(23-21-26)35-31-17-7-16-29(24-31)33-19-9-15-28-14-8-18-32(34(28)33)27-12-5-2-6-13-27/h1-24,35H. The third-order valence-electron chi connectivity index (χ3n) is 6.44. The summed E-state index contributed by atoms with van der Waals surface area (Å²) in [5, 5.41) is 6.12. The van der Waals surface area contributed by atoms with Crippen LogP contribution in [0.3, 0.4) is 0 Å². The molecule has 0 aromatic heterocycles. The largest absolute Gasteiger partial charge is 0.356 e. The molecule has 6 aromatic rings. The van der Waals surface area contributed by atoms with Crippen LogP contribution in [0.2, 0.25) is 0 Å². The first-order valence-corrected chi connectivity index (χ1v) is 12.0. The molecule has 6 aromatic carbocycles. The van der Waals surface area contributed by atoms with Gasteiger partial charge in [-0.25, -0.2) is 0 Å². The molecule has 1 N–H and O–H groups in total. The highest BCUT2D eigenvalue weighted by atomic mass is 14.9. The highest BCUT2D eigenvalue weighted by molar-refractivity contribution is 6.06. The van der Waals surface area contributed by atoms with Gasteiger partial charge in [-0.15, -0.1) is 0 Å². The summed E-state index contributed by atoms with van der Waals surface area (Å²) in [5.41, 5.74) is 9.52. The van der Waals surface area contributed by atoms with Crippen molar-refractivity contribution >= 4 is 22.1 Å². The number of nitrogens with one attached hydrogen (secondary N) is 1. The van der Waals surface area contributed by atoms with Gasteiger partial charge in [-0.1, -0.05) is 121 Å². The molecule has 0 aliphatic heterocycles.